The van der Waals surface area contributed by atoms with Gasteiger partial charge in [0.15, 0.2) is 11.0 Å². The Hall–Kier alpha value is -2.48. The van der Waals surface area contributed by atoms with Gasteiger partial charge in [-0.2, -0.15) is 0 Å². The number of rotatable bonds is 6. The van der Waals surface area contributed by atoms with E-state index < -0.39 is 18.0 Å². The molecular weight excluding hydrogens is 330 g/mol. The Balaban J connectivity index is 2.05. The second-order valence-electron chi connectivity index (χ2n) is 5.14. The summed E-state index contributed by atoms with van der Waals surface area (Å²) in [5, 5.41) is 6.57. The SMILES string of the molecule is CCc1nnsc1C(=O)OC(C)C(=O)Nc1cc(C)ccc1OC. The van der Waals surface area contributed by atoms with Gasteiger partial charge in [-0.25, -0.2) is 4.79 Å². The Morgan fingerprint density at radius 1 is 1.38 bits per heavy atom. The maximum atomic E-state index is 12.3. The Kier molecular flexibility index (Phi) is 5.86. The molecule has 1 heterocycles. The zero-order valence-electron chi connectivity index (χ0n) is 14.0. The Morgan fingerprint density at radius 3 is 2.79 bits per heavy atom. The lowest BCUT2D eigenvalue weighted by molar-refractivity contribution is -0.123. The summed E-state index contributed by atoms with van der Waals surface area (Å²) in [5.41, 5.74) is 2.07. The number of benzene rings is 1. The summed E-state index contributed by atoms with van der Waals surface area (Å²) >= 11 is 0.961. The lowest BCUT2D eigenvalue weighted by atomic mass is 10.2. The van der Waals surface area contributed by atoms with Crippen LogP contribution >= 0.6 is 11.5 Å². The highest BCUT2D eigenvalue weighted by atomic mass is 32.1. The average molecular weight is 349 g/mol. The molecule has 0 bridgehead atoms. The Bertz CT molecular complexity index is 745. The van der Waals surface area contributed by atoms with Crippen molar-refractivity contribution < 1.29 is 19.1 Å². The first-order chi connectivity index (χ1) is 11.5. The lowest BCUT2D eigenvalue weighted by Crippen LogP contribution is -2.30. The Labute approximate surface area is 144 Å². The highest BCUT2D eigenvalue weighted by Crippen LogP contribution is 2.25. The smallest absolute Gasteiger partial charge is 0.352 e. The number of nitrogens with one attached hydrogen (secondary N) is 1. The first-order valence-corrected chi connectivity index (χ1v) is 8.21. The van der Waals surface area contributed by atoms with Crippen LogP contribution in [0.2, 0.25) is 0 Å². The molecule has 0 fully saturated rings. The molecule has 1 aromatic heterocycles. The molecule has 0 aliphatic rings. The molecule has 1 N–H and O–H groups in total. The number of nitrogens with zero attached hydrogens (tertiary/aromatic N) is 2. The van der Waals surface area contributed by atoms with Crippen molar-refractivity contribution in [3.05, 3.63) is 34.3 Å². The third-order valence-electron chi connectivity index (χ3n) is 3.34. The average Bonchev–Trinajstić information content (AvgIpc) is 3.03. The van der Waals surface area contributed by atoms with E-state index in [4.69, 9.17) is 9.47 Å². The molecule has 128 valence electrons. The summed E-state index contributed by atoms with van der Waals surface area (Å²) in [6.45, 7) is 5.28. The fraction of sp³-hybridized carbons (Fsp3) is 0.375. The van der Waals surface area contributed by atoms with Gasteiger partial charge in [0.2, 0.25) is 0 Å². The molecule has 0 spiro atoms. The number of hydrogen-bond donors (Lipinski definition) is 1. The molecule has 7 nitrogen and oxygen atoms in total. The number of esters is 1. The van der Waals surface area contributed by atoms with E-state index in [0.29, 0.717) is 28.4 Å². The van der Waals surface area contributed by atoms with Gasteiger partial charge in [-0.3, -0.25) is 4.79 Å². The zero-order chi connectivity index (χ0) is 17.7. The van der Waals surface area contributed by atoms with Crippen LogP contribution in [0.5, 0.6) is 5.75 Å². The first kappa shape index (κ1) is 17.9. The highest BCUT2D eigenvalue weighted by molar-refractivity contribution is 7.07. The summed E-state index contributed by atoms with van der Waals surface area (Å²) in [6.07, 6.45) is -0.392. The number of hydrogen-bond acceptors (Lipinski definition) is 7. The normalized spacial score (nSPS) is 11.7. The molecule has 0 saturated carbocycles. The van der Waals surface area contributed by atoms with Crippen LogP contribution in [-0.4, -0.2) is 34.7 Å². The van der Waals surface area contributed by atoms with E-state index in [1.807, 2.05) is 19.9 Å². The minimum Gasteiger partial charge on any atom is -0.495 e. The molecule has 1 unspecified atom stereocenters. The molecule has 2 rings (SSSR count). The second kappa shape index (κ2) is 7.87. The van der Waals surface area contributed by atoms with E-state index in [-0.39, 0.29) is 0 Å². The molecular formula is C16H19N3O4S. The summed E-state index contributed by atoms with van der Waals surface area (Å²) in [5.74, 6) is -0.504. The van der Waals surface area contributed by atoms with E-state index >= 15 is 0 Å². The van der Waals surface area contributed by atoms with Crippen molar-refractivity contribution in [2.45, 2.75) is 33.3 Å². The van der Waals surface area contributed by atoms with Crippen molar-refractivity contribution in [1.29, 1.82) is 0 Å². The molecule has 0 saturated heterocycles. The minimum absolute atomic E-state index is 0.324. The number of carbonyl (C=O) groups is 2. The van der Waals surface area contributed by atoms with E-state index in [1.54, 1.807) is 12.1 Å². The molecule has 0 aliphatic carbocycles. The minimum atomic E-state index is -0.963. The summed E-state index contributed by atoms with van der Waals surface area (Å²) in [6, 6.07) is 5.42. The zero-order valence-corrected chi connectivity index (χ0v) is 14.8. The van der Waals surface area contributed by atoms with Crippen molar-refractivity contribution in [1.82, 2.24) is 9.59 Å². The molecule has 8 heteroatoms. The van der Waals surface area contributed by atoms with Gasteiger partial charge < -0.3 is 14.8 Å². The van der Waals surface area contributed by atoms with Gasteiger partial charge >= 0.3 is 5.97 Å². The molecule has 24 heavy (non-hydrogen) atoms. The first-order valence-electron chi connectivity index (χ1n) is 7.44. The number of methoxy groups -OCH3 is 1. The molecule has 0 radical (unpaired) electrons. The number of ether oxygens (including phenoxy) is 2. The standard InChI is InChI=1S/C16H19N3O4S/c1-5-11-14(24-19-18-11)16(21)23-10(3)15(20)17-12-8-9(2)6-7-13(12)22-4/h6-8,10H,5H2,1-4H3,(H,17,20). The molecule has 0 aliphatic heterocycles. The predicted molar refractivity (Wildman–Crippen MR) is 90.5 cm³/mol. The van der Waals surface area contributed by atoms with Crippen LogP contribution in [0.25, 0.3) is 0 Å². The van der Waals surface area contributed by atoms with Crippen molar-refractivity contribution in [3.63, 3.8) is 0 Å². The topological polar surface area (TPSA) is 90.4 Å². The van der Waals surface area contributed by atoms with Crippen LogP contribution in [0.4, 0.5) is 5.69 Å². The molecule has 1 atom stereocenters. The lowest BCUT2D eigenvalue weighted by Gasteiger charge is -2.15. The van der Waals surface area contributed by atoms with Crippen molar-refractivity contribution in [3.8, 4) is 5.75 Å². The van der Waals surface area contributed by atoms with Crippen LogP contribution in [0.1, 0.15) is 34.8 Å². The maximum Gasteiger partial charge on any atom is 0.352 e. The number of carbonyl (C=O) groups excluding carboxylic acids is 2. The summed E-state index contributed by atoms with van der Waals surface area (Å²) in [7, 11) is 1.52. The third-order valence-corrected chi connectivity index (χ3v) is 4.09. The van der Waals surface area contributed by atoms with Gasteiger partial charge in [0.1, 0.15) is 5.75 Å². The number of anilines is 1. The van der Waals surface area contributed by atoms with E-state index in [2.05, 4.69) is 14.9 Å². The van der Waals surface area contributed by atoms with Gasteiger partial charge in [-0.05, 0) is 49.5 Å². The highest BCUT2D eigenvalue weighted by Gasteiger charge is 2.23. The Morgan fingerprint density at radius 2 is 2.12 bits per heavy atom. The van der Waals surface area contributed by atoms with Gasteiger partial charge in [0.25, 0.3) is 5.91 Å². The number of aryl methyl sites for hydroxylation is 2. The molecule has 2 aromatic rings. The third kappa shape index (κ3) is 4.08. The van der Waals surface area contributed by atoms with Gasteiger partial charge in [-0.15, -0.1) is 5.10 Å². The van der Waals surface area contributed by atoms with Crippen LogP contribution in [-0.2, 0) is 16.0 Å². The quantitative estimate of drug-likeness (QED) is 0.806. The van der Waals surface area contributed by atoms with Crippen LogP contribution < -0.4 is 10.1 Å². The predicted octanol–water partition coefficient (Wildman–Crippen LogP) is 2.60. The van der Waals surface area contributed by atoms with Crippen LogP contribution in [0, 0.1) is 6.92 Å². The maximum absolute atomic E-state index is 12.3. The van der Waals surface area contributed by atoms with Crippen molar-refractivity contribution in [2.75, 3.05) is 12.4 Å². The fourth-order valence-electron chi connectivity index (χ4n) is 2.02. The second-order valence-corrected chi connectivity index (χ2v) is 5.90. The van der Waals surface area contributed by atoms with Crippen molar-refractivity contribution in [2.24, 2.45) is 0 Å². The fourth-order valence-corrected chi connectivity index (χ4v) is 2.65. The monoisotopic (exact) mass is 349 g/mol. The number of aromatic nitrogens is 2. The molecule has 1 amide bonds. The van der Waals surface area contributed by atoms with Crippen LogP contribution in [0.15, 0.2) is 18.2 Å². The van der Waals surface area contributed by atoms with Crippen LogP contribution in [0.3, 0.4) is 0 Å². The molecule has 1 aromatic carbocycles. The van der Waals surface area contributed by atoms with Gasteiger partial charge in [-0.1, -0.05) is 17.5 Å². The largest absolute Gasteiger partial charge is 0.495 e. The van der Waals surface area contributed by atoms with E-state index in [0.717, 1.165) is 17.1 Å². The van der Waals surface area contributed by atoms with E-state index in [1.165, 1.54) is 14.0 Å². The summed E-state index contributed by atoms with van der Waals surface area (Å²) < 4.78 is 14.2. The van der Waals surface area contributed by atoms with Gasteiger partial charge in [0, 0.05) is 0 Å². The number of amides is 1. The summed E-state index contributed by atoms with van der Waals surface area (Å²) in [4.78, 5) is 24.7. The van der Waals surface area contributed by atoms with E-state index in [9.17, 15) is 9.59 Å². The van der Waals surface area contributed by atoms with Gasteiger partial charge in [0.05, 0.1) is 18.5 Å². The van der Waals surface area contributed by atoms with Crippen molar-refractivity contribution >= 4 is 29.1 Å².